The van der Waals surface area contributed by atoms with Crippen molar-refractivity contribution in [2.75, 3.05) is 0 Å². The molecule has 0 heterocycles. The van der Waals surface area contributed by atoms with Crippen LogP contribution in [0.15, 0.2) is 0 Å². The highest BCUT2D eigenvalue weighted by Crippen LogP contribution is 2.39. The Balaban J connectivity index is 2.72. The molecule has 1 aliphatic carbocycles. The van der Waals surface area contributed by atoms with Crippen LogP contribution in [0.5, 0.6) is 0 Å². The summed E-state index contributed by atoms with van der Waals surface area (Å²) in [6.45, 7) is 11.2. The summed E-state index contributed by atoms with van der Waals surface area (Å²) in [5.74, 6) is 0.756. The van der Waals surface area contributed by atoms with Gasteiger partial charge in [0, 0.05) is 6.04 Å². The predicted octanol–water partition coefficient (Wildman–Crippen LogP) is 3.87. The third-order valence-corrected chi connectivity index (χ3v) is 4.08. The van der Waals surface area contributed by atoms with E-state index in [1.807, 2.05) is 0 Å². The zero-order valence-corrected chi connectivity index (χ0v) is 12.1. The quantitative estimate of drug-likeness (QED) is 0.739. The molecule has 0 aromatic rings. The summed E-state index contributed by atoms with van der Waals surface area (Å²) in [6.07, 6.45) is 5.64. The summed E-state index contributed by atoms with van der Waals surface area (Å²) in [6, 6.07) is 2.94. The van der Waals surface area contributed by atoms with Gasteiger partial charge in [-0.05, 0) is 50.9 Å². The van der Waals surface area contributed by atoms with E-state index >= 15 is 0 Å². The molecule has 2 nitrogen and oxygen atoms in total. The molecule has 0 aromatic carbocycles. The normalized spacial score (nSPS) is 31.0. The fraction of sp³-hybridized carbons (Fsp3) is 0.933. The van der Waals surface area contributed by atoms with E-state index in [-0.39, 0.29) is 5.54 Å². The molecule has 2 atom stereocenters. The molecule has 17 heavy (non-hydrogen) atoms. The molecule has 0 spiro atoms. The van der Waals surface area contributed by atoms with Crippen LogP contribution in [0.3, 0.4) is 0 Å². The van der Waals surface area contributed by atoms with Gasteiger partial charge in [-0.15, -0.1) is 0 Å². The Labute approximate surface area is 107 Å². The van der Waals surface area contributed by atoms with Crippen LogP contribution in [0.1, 0.15) is 66.7 Å². The molecule has 0 saturated heterocycles. The van der Waals surface area contributed by atoms with Gasteiger partial charge in [-0.1, -0.05) is 27.2 Å². The second kappa shape index (κ2) is 5.40. The zero-order valence-electron chi connectivity index (χ0n) is 12.1. The van der Waals surface area contributed by atoms with Crippen molar-refractivity contribution in [3.63, 3.8) is 0 Å². The van der Waals surface area contributed by atoms with Gasteiger partial charge in [0.15, 0.2) is 0 Å². The molecule has 1 fully saturated rings. The number of hydrogen-bond acceptors (Lipinski definition) is 2. The molecule has 98 valence electrons. The number of nitrogens with one attached hydrogen (secondary N) is 1. The third kappa shape index (κ3) is 4.00. The van der Waals surface area contributed by atoms with Gasteiger partial charge >= 0.3 is 0 Å². The topological polar surface area (TPSA) is 35.8 Å². The van der Waals surface area contributed by atoms with Crippen LogP contribution in [-0.2, 0) is 0 Å². The summed E-state index contributed by atoms with van der Waals surface area (Å²) in [5, 5.41) is 13.0. The number of nitrogens with zero attached hydrogens (tertiary/aromatic N) is 1. The van der Waals surface area contributed by atoms with Gasteiger partial charge in [-0.2, -0.15) is 5.26 Å². The highest BCUT2D eigenvalue weighted by Gasteiger charge is 2.36. The average Bonchev–Trinajstić information content (AvgIpc) is 2.39. The molecule has 0 aromatic heterocycles. The summed E-state index contributed by atoms with van der Waals surface area (Å²) >= 11 is 0. The van der Waals surface area contributed by atoms with Gasteiger partial charge in [-0.25, -0.2) is 0 Å². The van der Waals surface area contributed by atoms with E-state index in [0.29, 0.717) is 11.5 Å². The minimum absolute atomic E-state index is 0.270. The lowest BCUT2D eigenvalue weighted by Crippen LogP contribution is -2.47. The van der Waals surface area contributed by atoms with E-state index in [9.17, 15) is 5.26 Å². The van der Waals surface area contributed by atoms with Gasteiger partial charge in [-0.3, -0.25) is 5.32 Å². The fourth-order valence-electron chi connectivity index (χ4n) is 3.05. The molecule has 2 heteroatoms. The first kappa shape index (κ1) is 14.5. The standard InChI is InChI=1S/C15H28N2/c1-12(2)17-15(11-16)9-6-7-13(8-10-15)14(3,4)5/h12-13,17H,6-10H2,1-5H3. The summed E-state index contributed by atoms with van der Waals surface area (Å²) < 4.78 is 0. The maximum Gasteiger partial charge on any atom is 0.106 e. The first-order chi connectivity index (χ1) is 7.79. The lowest BCUT2D eigenvalue weighted by Gasteiger charge is -2.31. The van der Waals surface area contributed by atoms with Crippen LogP contribution in [0, 0.1) is 22.7 Å². The van der Waals surface area contributed by atoms with Crippen molar-refractivity contribution in [3.05, 3.63) is 0 Å². The van der Waals surface area contributed by atoms with Crippen LogP contribution >= 0.6 is 0 Å². The van der Waals surface area contributed by atoms with Crippen molar-refractivity contribution < 1.29 is 0 Å². The highest BCUT2D eigenvalue weighted by atomic mass is 15.0. The van der Waals surface area contributed by atoms with Gasteiger partial charge in [0.1, 0.15) is 5.54 Å². The minimum Gasteiger partial charge on any atom is -0.297 e. The van der Waals surface area contributed by atoms with E-state index < -0.39 is 0 Å². The molecule has 0 amide bonds. The zero-order chi connectivity index (χ0) is 13.1. The molecule has 0 radical (unpaired) electrons. The molecule has 2 unspecified atom stereocenters. The largest absolute Gasteiger partial charge is 0.297 e. The Morgan fingerprint density at radius 2 is 1.88 bits per heavy atom. The first-order valence-electron chi connectivity index (χ1n) is 6.98. The maximum absolute atomic E-state index is 9.49. The summed E-state index contributed by atoms with van der Waals surface area (Å²) in [5.41, 5.74) is 0.109. The second-order valence-electron chi connectivity index (χ2n) is 6.99. The van der Waals surface area contributed by atoms with E-state index in [1.165, 1.54) is 19.3 Å². The molecule has 1 saturated carbocycles. The Morgan fingerprint density at radius 1 is 1.24 bits per heavy atom. The highest BCUT2D eigenvalue weighted by molar-refractivity contribution is 5.09. The molecule has 1 rings (SSSR count). The van der Waals surface area contributed by atoms with Crippen molar-refractivity contribution >= 4 is 0 Å². The van der Waals surface area contributed by atoms with Gasteiger partial charge in [0.25, 0.3) is 0 Å². The third-order valence-electron chi connectivity index (χ3n) is 4.08. The smallest absolute Gasteiger partial charge is 0.106 e. The van der Waals surface area contributed by atoms with Crippen molar-refractivity contribution in [2.24, 2.45) is 11.3 Å². The monoisotopic (exact) mass is 236 g/mol. The van der Waals surface area contributed by atoms with Crippen molar-refractivity contribution in [3.8, 4) is 6.07 Å². The Hall–Kier alpha value is -0.550. The maximum atomic E-state index is 9.49. The SMILES string of the molecule is CC(C)NC1(C#N)CCCC(C(C)(C)C)CC1. The van der Waals surface area contributed by atoms with Crippen LogP contribution in [0.25, 0.3) is 0 Å². The summed E-state index contributed by atoms with van der Waals surface area (Å²) in [4.78, 5) is 0. The van der Waals surface area contributed by atoms with Gasteiger partial charge in [0.05, 0.1) is 6.07 Å². The van der Waals surface area contributed by atoms with Gasteiger partial charge < -0.3 is 0 Å². The molecule has 0 aliphatic heterocycles. The van der Waals surface area contributed by atoms with E-state index in [4.69, 9.17) is 0 Å². The number of nitriles is 1. The number of hydrogen-bond donors (Lipinski definition) is 1. The van der Waals surface area contributed by atoms with Crippen LogP contribution in [0.4, 0.5) is 0 Å². The molecule has 1 N–H and O–H groups in total. The van der Waals surface area contributed by atoms with E-state index in [1.54, 1.807) is 0 Å². The Bertz CT molecular complexity index is 282. The Kier molecular flexibility index (Phi) is 4.61. The fourth-order valence-corrected chi connectivity index (χ4v) is 3.05. The van der Waals surface area contributed by atoms with Crippen LogP contribution < -0.4 is 5.32 Å². The number of rotatable bonds is 2. The van der Waals surface area contributed by atoms with E-state index in [2.05, 4.69) is 46.0 Å². The molecular formula is C15H28N2. The van der Waals surface area contributed by atoms with Crippen LogP contribution in [-0.4, -0.2) is 11.6 Å². The molecule has 1 aliphatic rings. The van der Waals surface area contributed by atoms with Crippen molar-refractivity contribution in [1.82, 2.24) is 5.32 Å². The van der Waals surface area contributed by atoms with E-state index in [0.717, 1.165) is 18.8 Å². The first-order valence-corrected chi connectivity index (χ1v) is 6.98. The summed E-state index contributed by atoms with van der Waals surface area (Å²) in [7, 11) is 0. The Morgan fingerprint density at radius 3 is 2.35 bits per heavy atom. The van der Waals surface area contributed by atoms with Crippen molar-refractivity contribution in [1.29, 1.82) is 5.26 Å². The van der Waals surface area contributed by atoms with Crippen LogP contribution in [0.2, 0.25) is 0 Å². The predicted molar refractivity (Wildman–Crippen MR) is 72.6 cm³/mol. The van der Waals surface area contributed by atoms with Crippen molar-refractivity contribution in [2.45, 2.75) is 78.3 Å². The minimum atomic E-state index is -0.270. The second-order valence-corrected chi connectivity index (χ2v) is 6.99. The molecule has 0 bridgehead atoms. The molecular weight excluding hydrogens is 208 g/mol. The van der Waals surface area contributed by atoms with Gasteiger partial charge in [0.2, 0.25) is 0 Å². The lowest BCUT2D eigenvalue weighted by atomic mass is 9.76. The average molecular weight is 236 g/mol. The lowest BCUT2D eigenvalue weighted by molar-refractivity contribution is 0.210.